The van der Waals surface area contributed by atoms with Crippen LogP contribution >= 0.6 is 0 Å². The van der Waals surface area contributed by atoms with Crippen LogP contribution in [-0.2, 0) is 14.3 Å². The molecule has 1 rings (SSSR count). The lowest BCUT2D eigenvalue weighted by Gasteiger charge is -2.27. The van der Waals surface area contributed by atoms with E-state index in [2.05, 4.69) is 0 Å². The third-order valence-corrected chi connectivity index (χ3v) is 3.07. The van der Waals surface area contributed by atoms with Crippen molar-refractivity contribution < 1.29 is 29.3 Å². The molecule has 7 nitrogen and oxygen atoms in total. The third-order valence-electron chi connectivity index (χ3n) is 3.07. The summed E-state index contributed by atoms with van der Waals surface area (Å²) in [4.78, 5) is 35.3. The Labute approximate surface area is 111 Å². The fourth-order valence-corrected chi connectivity index (χ4v) is 2.19. The van der Waals surface area contributed by atoms with Crippen molar-refractivity contribution in [2.45, 2.75) is 39.3 Å². The minimum atomic E-state index is -1.22. The number of rotatable bonds is 2. The van der Waals surface area contributed by atoms with E-state index in [0.29, 0.717) is 0 Å². The van der Waals surface area contributed by atoms with Gasteiger partial charge in [-0.15, -0.1) is 0 Å². The molecule has 1 heterocycles. The Balaban J connectivity index is 2.91. The predicted octanol–water partition coefficient (Wildman–Crippen LogP) is 1.03. The molecule has 0 aromatic heterocycles. The molecule has 1 fully saturated rings. The molecular formula is C12H19NO6. The van der Waals surface area contributed by atoms with Crippen molar-refractivity contribution in [3.8, 4) is 0 Å². The first-order valence-corrected chi connectivity index (χ1v) is 6.00. The van der Waals surface area contributed by atoms with Gasteiger partial charge in [0.1, 0.15) is 5.60 Å². The first kappa shape index (κ1) is 15.3. The van der Waals surface area contributed by atoms with Crippen LogP contribution in [0.2, 0.25) is 0 Å². The molecule has 0 aromatic carbocycles. The molecule has 7 heteroatoms. The predicted molar refractivity (Wildman–Crippen MR) is 64.7 cm³/mol. The number of carboxylic acids is 2. The van der Waals surface area contributed by atoms with Crippen molar-refractivity contribution >= 4 is 18.0 Å². The van der Waals surface area contributed by atoms with Crippen molar-refractivity contribution in [1.82, 2.24) is 4.90 Å². The summed E-state index contributed by atoms with van der Waals surface area (Å²) in [6.45, 7) is 6.44. The lowest BCUT2D eigenvalue weighted by Crippen LogP contribution is -2.41. The zero-order valence-electron chi connectivity index (χ0n) is 11.4. The molecule has 0 bridgehead atoms. The van der Waals surface area contributed by atoms with E-state index in [9.17, 15) is 14.4 Å². The van der Waals surface area contributed by atoms with Gasteiger partial charge in [0.25, 0.3) is 0 Å². The summed E-state index contributed by atoms with van der Waals surface area (Å²) in [6, 6.07) is -0.714. The SMILES string of the molecule is C[C@@H]1[C@H](C(=O)O)C(C(=O)O)CN1C(=O)OC(C)(C)C. The molecule has 19 heavy (non-hydrogen) atoms. The van der Waals surface area contributed by atoms with E-state index >= 15 is 0 Å². The number of carboxylic acid groups (broad SMARTS) is 2. The van der Waals surface area contributed by atoms with Gasteiger partial charge in [0.2, 0.25) is 0 Å². The third kappa shape index (κ3) is 3.36. The first-order chi connectivity index (χ1) is 8.54. The minimum Gasteiger partial charge on any atom is -0.481 e. The van der Waals surface area contributed by atoms with Gasteiger partial charge in [0, 0.05) is 12.6 Å². The Morgan fingerprint density at radius 1 is 1.16 bits per heavy atom. The zero-order valence-corrected chi connectivity index (χ0v) is 11.4. The minimum absolute atomic E-state index is 0.150. The second kappa shape index (κ2) is 5.07. The largest absolute Gasteiger partial charge is 0.481 e. The van der Waals surface area contributed by atoms with Crippen molar-refractivity contribution in [2.75, 3.05) is 6.54 Å². The number of hydrogen-bond donors (Lipinski definition) is 2. The van der Waals surface area contributed by atoms with E-state index < -0.39 is 41.5 Å². The highest BCUT2D eigenvalue weighted by atomic mass is 16.6. The summed E-state index contributed by atoms with van der Waals surface area (Å²) in [7, 11) is 0. The average molecular weight is 273 g/mol. The van der Waals surface area contributed by atoms with Crippen LogP contribution in [0.5, 0.6) is 0 Å². The fraction of sp³-hybridized carbons (Fsp3) is 0.750. The summed E-state index contributed by atoms with van der Waals surface area (Å²) in [5, 5.41) is 18.1. The van der Waals surface area contributed by atoms with Gasteiger partial charge in [-0.1, -0.05) is 0 Å². The highest BCUT2D eigenvalue weighted by Gasteiger charge is 2.49. The zero-order chi connectivity index (χ0) is 15.0. The Bertz CT molecular complexity index is 400. The van der Waals surface area contributed by atoms with Gasteiger partial charge in [-0.25, -0.2) is 4.79 Å². The van der Waals surface area contributed by atoms with Gasteiger partial charge in [-0.2, -0.15) is 0 Å². The Kier molecular flexibility index (Phi) is 4.07. The van der Waals surface area contributed by atoms with E-state index in [1.165, 1.54) is 11.8 Å². The van der Waals surface area contributed by atoms with E-state index in [1.54, 1.807) is 20.8 Å². The fourth-order valence-electron chi connectivity index (χ4n) is 2.19. The molecule has 0 spiro atoms. The summed E-state index contributed by atoms with van der Waals surface area (Å²) in [5.74, 6) is -4.67. The van der Waals surface area contributed by atoms with Crippen molar-refractivity contribution in [1.29, 1.82) is 0 Å². The number of hydrogen-bond acceptors (Lipinski definition) is 4. The number of ether oxygens (including phenoxy) is 1. The Hall–Kier alpha value is -1.79. The lowest BCUT2D eigenvalue weighted by molar-refractivity contribution is -0.152. The molecule has 1 amide bonds. The smallest absolute Gasteiger partial charge is 0.410 e. The average Bonchev–Trinajstić information content (AvgIpc) is 2.53. The number of likely N-dealkylation sites (tertiary alicyclic amines) is 1. The maximum Gasteiger partial charge on any atom is 0.410 e. The van der Waals surface area contributed by atoms with Crippen molar-refractivity contribution in [2.24, 2.45) is 11.8 Å². The molecule has 0 radical (unpaired) electrons. The monoisotopic (exact) mass is 273 g/mol. The highest BCUT2D eigenvalue weighted by molar-refractivity contribution is 5.83. The van der Waals surface area contributed by atoms with E-state index in [-0.39, 0.29) is 6.54 Å². The number of carbonyl (C=O) groups is 3. The topological polar surface area (TPSA) is 104 Å². The second-order valence-electron chi connectivity index (χ2n) is 5.68. The maximum absolute atomic E-state index is 11.9. The molecule has 0 aliphatic carbocycles. The highest BCUT2D eigenvalue weighted by Crippen LogP contribution is 2.31. The van der Waals surface area contributed by atoms with Crippen molar-refractivity contribution in [3.63, 3.8) is 0 Å². The van der Waals surface area contributed by atoms with Crippen LogP contribution in [0.1, 0.15) is 27.7 Å². The van der Waals surface area contributed by atoms with Crippen LogP contribution < -0.4 is 0 Å². The molecular weight excluding hydrogens is 254 g/mol. The number of carbonyl (C=O) groups excluding carboxylic acids is 1. The molecule has 3 atom stereocenters. The van der Waals surface area contributed by atoms with Gasteiger partial charge in [0.15, 0.2) is 0 Å². The first-order valence-electron chi connectivity index (χ1n) is 6.00. The molecule has 1 unspecified atom stereocenters. The molecule has 1 aliphatic rings. The normalized spacial score (nSPS) is 27.2. The van der Waals surface area contributed by atoms with Gasteiger partial charge in [0.05, 0.1) is 11.8 Å². The van der Waals surface area contributed by atoms with E-state index in [1.807, 2.05) is 0 Å². The molecule has 108 valence electrons. The maximum atomic E-state index is 11.9. The quantitative estimate of drug-likeness (QED) is 0.778. The van der Waals surface area contributed by atoms with Crippen LogP contribution in [-0.4, -0.2) is 51.3 Å². The van der Waals surface area contributed by atoms with E-state index in [4.69, 9.17) is 14.9 Å². The van der Waals surface area contributed by atoms with Gasteiger partial charge >= 0.3 is 18.0 Å². The van der Waals surface area contributed by atoms with Crippen LogP contribution in [0.15, 0.2) is 0 Å². The second-order valence-corrected chi connectivity index (χ2v) is 5.68. The number of aliphatic carboxylic acids is 2. The van der Waals surface area contributed by atoms with Crippen molar-refractivity contribution in [3.05, 3.63) is 0 Å². The van der Waals surface area contributed by atoms with Crippen LogP contribution in [0, 0.1) is 11.8 Å². The standard InChI is InChI=1S/C12H19NO6/c1-6-8(10(16)17)7(9(14)15)5-13(6)11(18)19-12(2,3)4/h6-8H,5H2,1-4H3,(H,14,15)(H,16,17)/t6-,7?,8+/m1/s1. The summed E-state index contributed by atoms with van der Waals surface area (Å²) < 4.78 is 5.15. The number of nitrogens with zero attached hydrogens (tertiary/aromatic N) is 1. The molecule has 0 aromatic rings. The van der Waals surface area contributed by atoms with Gasteiger partial charge in [-0.3, -0.25) is 9.59 Å². The van der Waals surface area contributed by atoms with E-state index in [0.717, 1.165) is 0 Å². The van der Waals surface area contributed by atoms with Crippen LogP contribution in [0.4, 0.5) is 4.79 Å². The molecule has 2 N–H and O–H groups in total. The molecule has 0 saturated carbocycles. The van der Waals surface area contributed by atoms with Crippen LogP contribution in [0.25, 0.3) is 0 Å². The molecule has 1 aliphatic heterocycles. The summed E-state index contributed by atoms with van der Waals surface area (Å²) >= 11 is 0. The Morgan fingerprint density at radius 2 is 1.68 bits per heavy atom. The molecule has 1 saturated heterocycles. The summed E-state index contributed by atoms with van der Waals surface area (Å²) in [6.07, 6.45) is -0.685. The number of amides is 1. The van der Waals surface area contributed by atoms with Gasteiger partial charge < -0.3 is 19.8 Å². The summed E-state index contributed by atoms with van der Waals surface area (Å²) in [5.41, 5.74) is -0.711. The lowest BCUT2D eigenvalue weighted by atomic mass is 9.91. The van der Waals surface area contributed by atoms with Gasteiger partial charge in [-0.05, 0) is 27.7 Å². The van der Waals surface area contributed by atoms with Crippen LogP contribution in [0.3, 0.4) is 0 Å². The Morgan fingerprint density at radius 3 is 2.00 bits per heavy atom.